The molecule has 2 aliphatic rings. The second-order valence-electron chi connectivity index (χ2n) is 9.42. The first kappa shape index (κ1) is 25.0. The van der Waals surface area contributed by atoms with Crippen molar-refractivity contribution in [2.45, 2.75) is 42.2 Å². The Kier molecular flexibility index (Phi) is 8.51. The normalized spacial score (nSPS) is 20.3. The zero-order valence-corrected chi connectivity index (χ0v) is 21.1. The molecular weight excluding hydrogens is 470 g/mol. The summed E-state index contributed by atoms with van der Waals surface area (Å²) >= 11 is 5.99. The Bertz CT molecular complexity index is 1060. The van der Waals surface area contributed by atoms with Crippen LogP contribution >= 0.6 is 11.6 Å². The van der Waals surface area contributed by atoms with Gasteiger partial charge in [0.15, 0.2) is 9.84 Å². The van der Waals surface area contributed by atoms with E-state index in [0.717, 1.165) is 32.0 Å². The summed E-state index contributed by atoms with van der Waals surface area (Å²) < 4.78 is 26.1. The van der Waals surface area contributed by atoms with E-state index in [4.69, 9.17) is 11.6 Å². The largest absolute Gasteiger partial charge is 0.337 e. The Balaban J connectivity index is 1.20. The van der Waals surface area contributed by atoms with E-state index >= 15 is 0 Å². The van der Waals surface area contributed by atoms with Gasteiger partial charge in [0.05, 0.1) is 10.1 Å². The number of carbonyl (C=O) groups is 1. The summed E-state index contributed by atoms with van der Waals surface area (Å²) in [6.07, 6.45) is 4.72. The van der Waals surface area contributed by atoms with Crippen LogP contribution in [0.5, 0.6) is 0 Å². The summed E-state index contributed by atoms with van der Waals surface area (Å²) in [5, 5.41) is 2.80. The molecule has 2 heterocycles. The minimum absolute atomic E-state index is 0.176. The van der Waals surface area contributed by atoms with Gasteiger partial charge in [0, 0.05) is 31.2 Å². The van der Waals surface area contributed by atoms with Crippen LogP contribution < -0.4 is 5.32 Å². The molecule has 184 valence electrons. The first-order valence-electron chi connectivity index (χ1n) is 12.2. The van der Waals surface area contributed by atoms with Crippen molar-refractivity contribution < 1.29 is 13.2 Å². The van der Waals surface area contributed by atoms with Crippen LogP contribution in [0.4, 0.5) is 4.79 Å². The number of benzene rings is 2. The Morgan fingerprint density at radius 2 is 1.76 bits per heavy atom. The molecule has 1 atom stereocenters. The summed E-state index contributed by atoms with van der Waals surface area (Å²) in [7, 11) is -3.53. The minimum atomic E-state index is -3.53. The average molecular weight is 504 g/mol. The Hall–Kier alpha value is -2.09. The molecule has 2 aromatic carbocycles. The fraction of sp³-hybridized carbons (Fsp3) is 0.500. The van der Waals surface area contributed by atoms with E-state index in [2.05, 4.69) is 40.5 Å². The number of likely N-dealkylation sites (tertiary alicyclic amines) is 2. The van der Waals surface area contributed by atoms with Crippen molar-refractivity contribution in [1.82, 2.24) is 15.1 Å². The number of amides is 2. The highest BCUT2D eigenvalue weighted by molar-refractivity contribution is 7.92. The van der Waals surface area contributed by atoms with E-state index in [9.17, 15) is 13.2 Å². The van der Waals surface area contributed by atoms with Gasteiger partial charge in [-0.2, -0.15) is 0 Å². The van der Waals surface area contributed by atoms with Gasteiger partial charge in [0.1, 0.15) is 0 Å². The topological polar surface area (TPSA) is 69.7 Å². The fourth-order valence-corrected chi connectivity index (χ4v) is 7.06. The number of hydrogen-bond acceptors (Lipinski definition) is 4. The lowest BCUT2D eigenvalue weighted by Gasteiger charge is -2.34. The molecule has 2 fully saturated rings. The van der Waals surface area contributed by atoms with Gasteiger partial charge in [-0.1, -0.05) is 48.0 Å². The summed E-state index contributed by atoms with van der Waals surface area (Å²) in [4.78, 5) is 17.0. The van der Waals surface area contributed by atoms with E-state index < -0.39 is 15.1 Å². The van der Waals surface area contributed by atoms with Crippen LogP contribution in [-0.2, 0) is 16.3 Å². The number of nitrogens with one attached hydrogen (secondary N) is 1. The molecule has 2 amide bonds. The maximum atomic E-state index is 13.0. The molecule has 0 saturated carbocycles. The molecule has 34 heavy (non-hydrogen) atoms. The first-order valence-corrected chi connectivity index (χ1v) is 14.1. The molecule has 1 unspecified atom stereocenters. The molecule has 0 aliphatic carbocycles. The van der Waals surface area contributed by atoms with Crippen molar-refractivity contribution in [2.75, 3.05) is 39.3 Å². The third-order valence-corrected chi connectivity index (χ3v) is 9.42. The lowest BCUT2D eigenvalue weighted by Crippen LogP contribution is -2.50. The van der Waals surface area contributed by atoms with Crippen molar-refractivity contribution in [3.63, 3.8) is 0 Å². The van der Waals surface area contributed by atoms with Crippen LogP contribution in [0, 0.1) is 5.92 Å². The van der Waals surface area contributed by atoms with Gasteiger partial charge in [0.2, 0.25) is 0 Å². The van der Waals surface area contributed by atoms with Gasteiger partial charge < -0.3 is 15.1 Å². The van der Waals surface area contributed by atoms with Crippen LogP contribution in [0.15, 0.2) is 59.5 Å². The number of sulfone groups is 1. The second kappa shape index (κ2) is 11.6. The molecule has 0 spiro atoms. The maximum Gasteiger partial charge on any atom is 0.317 e. The number of carbonyl (C=O) groups excluding carboxylic acids is 1. The molecule has 8 heteroatoms. The van der Waals surface area contributed by atoms with E-state index in [1.165, 1.54) is 24.5 Å². The third kappa shape index (κ3) is 6.52. The lowest BCUT2D eigenvalue weighted by molar-refractivity contribution is 0.172. The lowest BCUT2D eigenvalue weighted by atomic mass is 9.90. The number of urea groups is 1. The van der Waals surface area contributed by atoms with Crippen molar-refractivity contribution in [3.8, 4) is 0 Å². The molecular formula is C26H34ClN3O3S. The van der Waals surface area contributed by atoms with E-state index in [0.29, 0.717) is 31.0 Å². The first-order chi connectivity index (χ1) is 16.4. The Morgan fingerprint density at radius 1 is 1.00 bits per heavy atom. The zero-order valence-electron chi connectivity index (χ0n) is 19.5. The summed E-state index contributed by atoms with van der Waals surface area (Å²) in [5.74, 6) is 0.722. The second-order valence-corrected chi connectivity index (χ2v) is 12.1. The van der Waals surface area contributed by atoms with Crippen molar-refractivity contribution in [1.29, 1.82) is 0 Å². The van der Waals surface area contributed by atoms with E-state index in [-0.39, 0.29) is 17.5 Å². The quantitative estimate of drug-likeness (QED) is 0.613. The summed E-state index contributed by atoms with van der Waals surface area (Å²) in [6, 6.07) is 16.9. The number of halogens is 1. The van der Waals surface area contributed by atoms with Gasteiger partial charge in [-0.3, -0.25) is 0 Å². The smallest absolute Gasteiger partial charge is 0.317 e. The minimum Gasteiger partial charge on any atom is -0.337 e. The SMILES string of the molecule is O=C(NCCN1CCC(Cc2ccccc2)CC1)N1CCCC(S(=O)(=O)c2cccc(Cl)c2)C1. The van der Waals surface area contributed by atoms with E-state index in [1.807, 2.05) is 0 Å². The van der Waals surface area contributed by atoms with Crippen molar-refractivity contribution in [2.24, 2.45) is 5.92 Å². The molecule has 4 rings (SSSR count). The zero-order chi connectivity index (χ0) is 24.0. The standard InChI is InChI=1S/C26H34ClN3O3S/c27-23-8-4-9-24(19-23)34(32,33)25-10-5-14-30(20-25)26(31)28-13-17-29-15-11-22(12-16-29)18-21-6-2-1-3-7-21/h1-4,6-9,19,22,25H,5,10-18,20H2,(H,28,31). The molecule has 0 bridgehead atoms. The van der Waals surface area contributed by atoms with E-state index in [1.54, 1.807) is 23.1 Å². The molecule has 0 radical (unpaired) electrons. The Morgan fingerprint density at radius 3 is 2.50 bits per heavy atom. The van der Waals surface area contributed by atoms with Gasteiger partial charge in [0.25, 0.3) is 0 Å². The highest BCUT2D eigenvalue weighted by Gasteiger charge is 2.34. The molecule has 0 aromatic heterocycles. The van der Waals surface area contributed by atoms with Gasteiger partial charge in [-0.05, 0) is 74.9 Å². The van der Waals surface area contributed by atoms with Crippen molar-refractivity contribution in [3.05, 3.63) is 65.2 Å². The highest BCUT2D eigenvalue weighted by atomic mass is 35.5. The number of nitrogens with zero attached hydrogens (tertiary/aromatic N) is 2. The van der Waals surface area contributed by atoms with Crippen LogP contribution in [0.1, 0.15) is 31.2 Å². The number of rotatable bonds is 7. The predicted octanol–water partition coefficient (Wildman–Crippen LogP) is 4.24. The van der Waals surface area contributed by atoms with Crippen LogP contribution in [0.25, 0.3) is 0 Å². The van der Waals surface area contributed by atoms with Gasteiger partial charge >= 0.3 is 6.03 Å². The maximum absolute atomic E-state index is 13.0. The summed E-state index contributed by atoms with van der Waals surface area (Å²) in [5.41, 5.74) is 1.41. The molecule has 2 aromatic rings. The Labute approximate surface area is 208 Å². The third-order valence-electron chi connectivity index (χ3n) is 7.01. The summed E-state index contributed by atoms with van der Waals surface area (Å²) in [6.45, 7) is 4.30. The molecule has 6 nitrogen and oxygen atoms in total. The molecule has 2 saturated heterocycles. The molecule has 2 aliphatic heterocycles. The monoisotopic (exact) mass is 503 g/mol. The number of hydrogen-bond donors (Lipinski definition) is 1. The predicted molar refractivity (Wildman–Crippen MR) is 136 cm³/mol. The molecule has 1 N–H and O–H groups in total. The number of piperidine rings is 2. The average Bonchev–Trinajstić information content (AvgIpc) is 2.86. The van der Waals surface area contributed by atoms with Gasteiger partial charge in [-0.15, -0.1) is 0 Å². The van der Waals surface area contributed by atoms with Crippen LogP contribution in [-0.4, -0.2) is 68.8 Å². The van der Waals surface area contributed by atoms with Crippen LogP contribution in [0.3, 0.4) is 0 Å². The van der Waals surface area contributed by atoms with Crippen LogP contribution in [0.2, 0.25) is 5.02 Å². The highest BCUT2D eigenvalue weighted by Crippen LogP contribution is 2.26. The fourth-order valence-electron chi connectivity index (χ4n) is 5.01. The van der Waals surface area contributed by atoms with Crippen molar-refractivity contribution >= 4 is 27.5 Å². The van der Waals surface area contributed by atoms with Gasteiger partial charge in [-0.25, -0.2) is 13.2 Å².